The molecule has 0 saturated carbocycles. The number of hydrogen-bond acceptors (Lipinski definition) is 7. The summed E-state index contributed by atoms with van der Waals surface area (Å²) in [5.74, 6) is -0.367. The van der Waals surface area contributed by atoms with E-state index in [9.17, 15) is 9.59 Å². The predicted octanol–water partition coefficient (Wildman–Crippen LogP) is 5.01. The number of H-pyrrole nitrogens is 1. The lowest BCUT2D eigenvalue weighted by Gasteiger charge is -2.36. The molecule has 1 atom stereocenters. The van der Waals surface area contributed by atoms with Gasteiger partial charge < -0.3 is 25.3 Å². The molecule has 3 aromatic heterocycles. The first-order valence-electron chi connectivity index (χ1n) is 12.1. The molecule has 5 rings (SSSR count). The van der Waals surface area contributed by atoms with Crippen LogP contribution in [0.3, 0.4) is 0 Å². The summed E-state index contributed by atoms with van der Waals surface area (Å²) in [7, 11) is 0. The molecule has 0 spiro atoms. The van der Waals surface area contributed by atoms with Crippen LogP contribution in [0.4, 0.5) is 16.2 Å². The molecule has 3 N–H and O–H groups in total. The van der Waals surface area contributed by atoms with Crippen molar-refractivity contribution in [3.05, 3.63) is 53.0 Å². The number of hydrogen-bond donors (Lipinski definition) is 3. The molecule has 4 aromatic rings. The number of amides is 2. The number of pyridine rings is 1. The lowest BCUT2D eigenvalue weighted by molar-refractivity contribution is 0.0500. The fourth-order valence-electron chi connectivity index (χ4n) is 4.49. The molecule has 1 fully saturated rings. The molecule has 0 bridgehead atoms. The van der Waals surface area contributed by atoms with Crippen molar-refractivity contribution >= 4 is 61.4 Å². The van der Waals surface area contributed by atoms with Crippen LogP contribution < -0.4 is 15.5 Å². The Morgan fingerprint density at radius 1 is 1.16 bits per heavy atom. The van der Waals surface area contributed by atoms with Crippen LogP contribution in [0, 0.1) is 0 Å². The molecule has 0 radical (unpaired) electrons. The third kappa shape index (κ3) is 5.51. The van der Waals surface area contributed by atoms with Crippen LogP contribution in [-0.4, -0.2) is 56.7 Å². The monoisotopic (exact) mass is 565 g/mol. The van der Waals surface area contributed by atoms with Gasteiger partial charge in [-0.05, 0) is 61.7 Å². The molecule has 1 saturated heterocycles. The summed E-state index contributed by atoms with van der Waals surface area (Å²) in [5.41, 5.74) is 3.14. The van der Waals surface area contributed by atoms with Gasteiger partial charge in [0, 0.05) is 31.5 Å². The largest absolute Gasteiger partial charge is 0.444 e. The van der Waals surface area contributed by atoms with Gasteiger partial charge in [-0.1, -0.05) is 12.1 Å². The summed E-state index contributed by atoms with van der Waals surface area (Å²) < 4.78 is 6.23. The molecule has 2 amide bonds. The number of carbonyl (C=O) groups excluding carboxylic acids is 2. The van der Waals surface area contributed by atoms with E-state index in [1.807, 2.05) is 45.0 Å². The van der Waals surface area contributed by atoms with Gasteiger partial charge in [0.25, 0.3) is 5.91 Å². The first-order chi connectivity index (χ1) is 17.7. The summed E-state index contributed by atoms with van der Waals surface area (Å²) in [6.07, 6.45) is 6.23. The zero-order valence-corrected chi connectivity index (χ0v) is 22.4. The average molecular weight is 566 g/mol. The second-order valence-corrected chi connectivity index (χ2v) is 10.9. The highest BCUT2D eigenvalue weighted by Gasteiger charge is 2.28. The van der Waals surface area contributed by atoms with Gasteiger partial charge >= 0.3 is 6.09 Å². The van der Waals surface area contributed by atoms with E-state index in [2.05, 4.69) is 51.4 Å². The van der Waals surface area contributed by atoms with Crippen molar-refractivity contribution in [2.24, 2.45) is 0 Å². The number of nitrogens with zero attached hydrogens (tertiary/aromatic N) is 4. The number of ether oxygens (including phenoxy) is 1. The minimum Gasteiger partial charge on any atom is -0.444 e. The maximum absolute atomic E-state index is 13.1. The Morgan fingerprint density at radius 3 is 2.73 bits per heavy atom. The van der Waals surface area contributed by atoms with Crippen LogP contribution in [0.1, 0.15) is 44.1 Å². The second kappa shape index (κ2) is 9.97. The lowest BCUT2D eigenvalue weighted by atomic mass is 10.0. The number of nitrogens with one attached hydrogen (secondary N) is 3. The van der Waals surface area contributed by atoms with Gasteiger partial charge in [-0.25, -0.2) is 14.8 Å². The number of rotatable bonds is 4. The normalized spacial score (nSPS) is 16.1. The molecule has 192 valence electrons. The molecule has 0 aliphatic carbocycles. The summed E-state index contributed by atoms with van der Waals surface area (Å²) >= 11 is 3.66. The predicted molar refractivity (Wildman–Crippen MR) is 146 cm³/mol. The van der Waals surface area contributed by atoms with Crippen molar-refractivity contribution < 1.29 is 14.3 Å². The topological polar surface area (TPSA) is 125 Å². The Labute approximate surface area is 222 Å². The molecular weight excluding hydrogens is 538 g/mol. The molecule has 1 aromatic carbocycles. The Morgan fingerprint density at radius 2 is 1.95 bits per heavy atom. The molecular formula is C26H28BrN7O3. The Hall–Kier alpha value is -3.73. The van der Waals surface area contributed by atoms with Crippen molar-refractivity contribution in [1.29, 1.82) is 0 Å². The molecule has 11 heteroatoms. The standard InChI is InChI=1S/C26H28BrN7O3/c1-26(2,3)37-25(36)31-15-7-6-10-34(14-15)22-16(27)11-29-23-21(22)19(12-30-23)33-24(35)20-13-28-17-8-4-5-9-18(17)32-20/h4-5,8-9,11-13,15H,6-7,10,14H2,1-3H3,(H,29,30)(H,31,36)(H,33,35). The van der Waals surface area contributed by atoms with Crippen LogP contribution in [0.15, 0.2) is 47.3 Å². The van der Waals surface area contributed by atoms with E-state index in [1.165, 1.54) is 6.20 Å². The van der Waals surface area contributed by atoms with E-state index in [0.29, 0.717) is 23.4 Å². The van der Waals surface area contributed by atoms with E-state index in [1.54, 1.807) is 12.4 Å². The summed E-state index contributed by atoms with van der Waals surface area (Å²) in [6.45, 7) is 6.91. The minimum absolute atomic E-state index is 0.0800. The summed E-state index contributed by atoms with van der Waals surface area (Å²) in [6, 6.07) is 7.33. The molecule has 4 heterocycles. The maximum atomic E-state index is 13.1. The van der Waals surface area contributed by atoms with Crippen LogP contribution in [0.25, 0.3) is 22.1 Å². The summed E-state index contributed by atoms with van der Waals surface area (Å²) in [5, 5.41) is 6.74. The number of halogens is 1. The molecule has 1 unspecified atom stereocenters. The zero-order chi connectivity index (χ0) is 26.2. The number of piperidine rings is 1. The van der Waals surface area contributed by atoms with Crippen LogP contribution in [0.2, 0.25) is 0 Å². The van der Waals surface area contributed by atoms with Crippen molar-refractivity contribution in [2.45, 2.75) is 45.3 Å². The highest BCUT2D eigenvalue weighted by atomic mass is 79.9. The number of para-hydroxylation sites is 2. The molecule has 1 aliphatic heterocycles. The van der Waals surface area contributed by atoms with Crippen LogP contribution in [0.5, 0.6) is 0 Å². The fraction of sp³-hybridized carbons (Fsp3) is 0.346. The number of carbonyl (C=O) groups is 2. The molecule has 10 nitrogen and oxygen atoms in total. The quantitative estimate of drug-likeness (QED) is 0.317. The van der Waals surface area contributed by atoms with Gasteiger partial charge in [-0.3, -0.25) is 9.78 Å². The zero-order valence-electron chi connectivity index (χ0n) is 20.8. The van der Waals surface area contributed by atoms with Crippen molar-refractivity contribution in [3.63, 3.8) is 0 Å². The van der Waals surface area contributed by atoms with E-state index in [-0.39, 0.29) is 17.6 Å². The Bertz CT molecular complexity index is 1480. The Kier molecular flexibility index (Phi) is 6.72. The lowest BCUT2D eigenvalue weighted by Crippen LogP contribution is -2.49. The van der Waals surface area contributed by atoms with Crippen molar-refractivity contribution in [3.8, 4) is 0 Å². The van der Waals surface area contributed by atoms with Crippen molar-refractivity contribution in [2.75, 3.05) is 23.3 Å². The van der Waals surface area contributed by atoms with Gasteiger partial charge in [0.05, 0.1) is 38.5 Å². The number of alkyl carbamates (subject to hydrolysis) is 1. The number of aromatic nitrogens is 4. The third-order valence-corrected chi connectivity index (χ3v) is 6.60. The average Bonchev–Trinajstić information content (AvgIpc) is 3.25. The van der Waals surface area contributed by atoms with Gasteiger partial charge in [0.15, 0.2) is 0 Å². The smallest absolute Gasteiger partial charge is 0.407 e. The minimum atomic E-state index is -0.563. The van der Waals surface area contributed by atoms with Gasteiger partial charge in [0.2, 0.25) is 0 Å². The van der Waals surface area contributed by atoms with Gasteiger partial charge in [-0.2, -0.15) is 0 Å². The van der Waals surface area contributed by atoms with E-state index < -0.39 is 11.7 Å². The molecule has 1 aliphatic rings. The fourth-order valence-corrected chi connectivity index (χ4v) is 5.04. The van der Waals surface area contributed by atoms with Gasteiger partial charge in [-0.15, -0.1) is 0 Å². The number of fused-ring (bicyclic) bond motifs is 2. The number of anilines is 2. The van der Waals surface area contributed by atoms with Crippen LogP contribution in [-0.2, 0) is 4.74 Å². The highest BCUT2D eigenvalue weighted by Crippen LogP contribution is 2.39. The SMILES string of the molecule is CC(C)(C)OC(=O)NC1CCCN(c2c(Br)cnc3[nH]cc(NC(=O)c4cnc5ccccc5n4)c23)C1. The Balaban J connectivity index is 1.41. The number of benzene rings is 1. The first-order valence-corrected chi connectivity index (χ1v) is 12.9. The van der Waals surface area contributed by atoms with Crippen LogP contribution >= 0.6 is 15.9 Å². The van der Waals surface area contributed by atoms with E-state index >= 15 is 0 Å². The second-order valence-electron chi connectivity index (χ2n) is 10.0. The number of aromatic amines is 1. The van der Waals surface area contributed by atoms with E-state index in [4.69, 9.17) is 4.74 Å². The van der Waals surface area contributed by atoms with Gasteiger partial charge in [0.1, 0.15) is 16.9 Å². The third-order valence-electron chi connectivity index (χ3n) is 6.02. The van der Waals surface area contributed by atoms with E-state index in [0.717, 1.165) is 40.4 Å². The maximum Gasteiger partial charge on any atom is 0.407 e. The summed E-state index contributed by atoms with van der Waals surface area (Å²) in [4.78, 5) is 44.1. The highest BCUT2D eigenvalue weighted by molar-refractivity contribution is 9.10. The first kappa shape index (κ1) is 24.9. The van der Waals surface area contributed by atoms with Crippen molar-refractivity contribution in [1.82, 2.24) is 25.3 Å². The molecule has 37 heavy (non-hydrogen) atoms.